The summed E-state index contributed by atoms with van der Waals surface area (Å²) in [6.45, 7) is 5.85. The number of likely N-dealkylation sites (tertiary alicyclic amines) is 1. The third kappa shape index (κ3) is 4.76. The van der Waals surface area contributed by atoms with Gasteiger partial charge in [-0.2, -0.15) is 13.2 Å². The number of nitrogens with two attached hydrogens (primary N) is 1. The molecule has 0 aromatic heterocycles. The molecule has 0 amide bonds. The van der Waals surface area contributed by atoms with Crippen molar-refractivity contribution >= 4 is 0 Å². The second-order valence-corrected chi connectivity index (χ2v) is 5.82. The highest BCUT2D eigenvalue weighted by molar-refractivity contribution is 4.92. The van der Waals surface area contributed by atoms with Gasteiger partial charge in [-0.25, -0.2) is 0 Å². The molecule has 0 aliphatic carbocycles. The van der Waals surface area contributed by atoms with Gasteiger partial charge < -0.3 is 5.73 Å². The van der Waals surface area contributed by atoms with E-state index in [1.807, 2.05) is 13.8 Å². The Morgan fingerprint density at radius 2 is 1.56 bits per heavy atom. The standard InChI is InChI=1S/C13H25F3N2/c1-12(2,11(17)7-8-13(14,15)16)18-9-5-3-4-6-10-18/h11H,3-10,17H2,1-2H3. The molecule has 1 unspecified atom stereocenters. The molecule has 1 fully saturated rings. The molecule has 1 rings (SSSR count). The minimum atomic E-state index is -4.10. The van der Waals surface area contributed by atoms with Gasteiger partial charge in [0.15, 0.2) is 0 Å². The predicted octanol–water partition coefficient (Wildman–Crippen LogP) is 3.31. The lowest BCUT2D eigenvalue weighted by molar-refractivity contribution is -0.137. The van der Waals surface area contributed by atoms with E-state index in [-0.39, 0.29) is 12.0 Å². The van der Waals surface area contributed by atoms with Crippen molar-refractivity contribution in [1.29, 1.82) is 0 Å². The Kier molecular flexibility index (Phi) is 5.46. The molecule has 0 bridgehead atoms. The number of nitrogens with zero attached hydrogens (tertiary/aromatic N) is 1. The molecule has 2 N–H and O–H groups in total. The van der Waals surface area contributed by atoms with Crippen molar-refractivity contribution in [3.05, 3.63) is 0 Å². The van der Waals surface area contributed by atoms with Gasteiger partial charge in [-0.05, 0) is 46.2 Å². The highest BCUT2D eigenvalue weighted by atomic mass is 19.4. The zero-order valence-electron chi connectivity index (χ0n) is 11.4. The van der Waals surface area contributed by atoms with Crippen LogP contribution in [0.5, 0.6) is 0 Å². The van der Waals surface area contributed by atoms with Crippen LogP contribution in [0.15, 0.2) is 0 Å². The van der Waals surface area contributed by atoms with Crippen molar-refractivity contribution in [2.75, 3.05) is 13.1 Å². The van der Waals surface area contributed by atoms with E-state index >= 15 is 0 Å². The number of hydrogen-bond acceptors (Lipinski definition) is 2. The first-order valence-corrected chi connectivity index (χ1v) is 6.81. The van der Waals surface area contributed by atoms with E-state index < -0.39 is 18.6 Å². The Morgan fingerprint density at radius 3 is 2.00 bits per heavy atom. The van der Waals surface area contributed by atoms with Gasteiger partial charge in [0.1, 0.15) is 0 Å². The van der Waals surface area contributed by atoms with Crippen molar-refractivity contribution in [3.63, 3.8) is 0 Å². The summed E-state index contributed by atoms with van der Waals surface area (Å²) in [5.74, 6) is 0. The minimum Gasteiger partial charge on any atom is -0.326 e. The fourth-order valence-corrected chi connectivity index (χ4v) is 2.55. The molecular weight excluding hydrogens is 241 g/mol. The molecular formula is C13H25F3N2. The van der Waals surface area contributed by atoms with E-state index in [2.05, 4.69) is 4.90 Å². The first kappa shape index (κ1) is 15.8. The second-order valence-electron chi connectivity index (χ2n) is 5.82. The number of halogens is 3. The molecule has 0 spiro atoms. The maximum Gasteiger partial charge on any atom is 0.389 e. The largest absolute Gasteiger partial charge is 0.389 e. The molecule has 0 aromatic carbocycles. The van der Waals surface area contributed by atoms with Gasteiger partial charge in [-0.3, -0.25) is 4.90 Å². The van der Waals surface area contributed by atoms with Gasteiger partial charge >= 0.3 is 6.18 Å². The van der Waals surface area contributed by atoms with E-state index in [0.29, 0.717) is 0 Å². The molecule has 0 radical (unpaired) electrons. The van der Waals surface area contributed by atoms with E-state index in [1.54, 1.807) is 0 Å². The normalized spacial score (nSPS) is 21.7. The number of alkyl halides is 3. The van der Waals surface area contributed by atoms with Gasteiger partial charge in [-0.15, -0.1) is 0 Å². The lowest BCUT2D eigenvalue weighted by atomic mass is 9.89. The zero-order chi connectivity index (χ0) is 13.8. The molecule has 5 heteroatoms. The predicted molar refractivity (Wildman–Crippen MR) is 67.4 cm³/mol. The lowest BCUT2D eigenvalue weighted by Gasteiger charge is -2.42. The van der Waals surface area contributed by atoms with E-state index in [1.165, 1.54) is 12.8 Å². The average molecular weight is 266 g/mol. The summed E-state index contributed by atoms with van der Waals surface area (Å²) in [4.78, 5) is 2.26. The van der Waals surface area contributed by atoms with Crippen LogP contribution in [0.3, 0.4) is 0 Å². The quantitative estimate of drug-likeness (QED) is 0.846. The molecule has 108 valence electrons. The summed E-state index contributed by atoms with van der Waals surface area (Å²) < 4.78 is 36.7. The first-order valence-electron chi connectivity index (χ1n) is 6.81. The van der Waals surface area contributed by atoms with Crippen molar-refractivity contribution in [2.24, 2.45) is 5.73 Å². The first-order chi connectivity index (χ1) is 8.23. The Labute approximate surface area is 108 Å². The van der Waals surface area contributed by atoms with Gasteiger partial charge in [0.05, 0.1) is 0 Å². The van der Waals surface area contributed by atoms with Crippen molar-refractivity contribution in [2.45, 2.75) is 70.1 Å². The summed E-state index contributed by atoms with van der Waals surface area (Å²) >= 11 is 0. The minimum absolute atomic E-state index is 0.00694. The van der Waals surface area contributed by atoms with E-state index in [4.69, 9.17) is 5.73 Å². The number of rotatable bonds is 4. The molecule has 18 heavy (non-hydrogen) atoms. The molecule has 0 saturated carbocycles. The van der Waals surface area contributed by atoms with Crippen molar-refractivity contribution < 1.29 is 13.2 Å². The topological polar surface area (TPSA) is 29.3 Å². The molecule has 1 aliphatic rings. The van der Waals surface area contributed by atoms with Crippen LogP contribution in [0.4, 0.5) is 13.2 Å². The average Bonchev–Trinajstić information content (AvgIpc) is 2.53. The van der Waals surface area contributed by atoms with Crippen molar-refractivity contribution in [1.82, 2.24) is 4.90 Å². The maximum atomic E-state index is 12.2. The Bertz CT molecular complexity index is 243. The molecule has 1 aliphatic heterocycles. The second kappa shape index (κ2) is 6.24. The van der Waals surface area contributed by atoms with Crippen LogP contribution in [-0.4, -0.2) is 35.7 Å². The van der Waals surface area contributed by atoms with Crippen LogP contribution >= 0.6 is 0 Å². The van der Waals surface area contributed by atoms with E-state index in [9.17, 15) is 13.2 Å². The van der Waals surface area contributed by atoms with E-state index in [0.717, 1.165) is 25.9 Å². The monoisotopic (exact) mass is 266 g/mol. The molecule has 1 atom stereocenters. The lowest BCUT2D eigenvalue weighted by Crippen LogP contribution is -2.56. The highest BCUT2D eigenvalue weighted by Gasteiger charge is 2.36. The zero-order valence-corrected chi connectivity index (χ0v) is 11.4. The third-order valence-electron chi connectivity index (χ3n) is 4.07. The third-order valence-corrected chi connectivity index (χ3v) is 4.07. The summed E-state index contributed by atoms with van der Waals surface area (Å²) in [7, 11) is 0. The molecule has 2 nitrogen and oxygen atoms in total. The smallest absolute Gasteiger partial charge is 0.326 e. The Balaban J connectivity index is 2.54. The van der Waals surface area contributed by atoms with Gasteiger partial charge in [0.25, 0.3) is 0 Å². The van der Waals surface area contributed by atoms with Gasteiger partial charge in [-0.1, -0.05) is 12.8 Å². The summed E-state index contributed by atoms with van der Waals surface area (Å²) in [5, 5.41) is 0. The Morgan fingerprint density at radius 1 is 1.06 bits per heavy atom. The highest BCUT2D eigenvalue weighted by Crippen LogP contribution is 2.28. The fraction of sp³-hybridized carbons (Fsp3) is 1.00. The molecule has 1 saturated heterocycles. The van der Waals surface area contributed by atoms with Gasteiger partial charge in [0, 0.05) is 18.0 Å². The maximum absolute atomic E-state index is 12.2. The number of hydrogen-bond donors (Lipinski definition) is 1. The fourth-order valence-electron chi connectivity index (χ4n) is 2.55. The molecule has 1 heterocycles. The summed E-state index contributed by atoms with van der Waals surface area (Å²) in [5.41, 5.74) is 5.65. The van der Waals surface area contributed by atoms with Crippen LogP contribution in [0.1, 0.15) is 52.4 Å². The van der Waals surface area contributed by atoms with Gasteiger partial charge in [0.2, 0.25) is 0 Å². The van der Waals surface area contributed by atoms with Crippen LogP contribution in [-0.2, 0) is 0 Å². The summed E-state index contributed by atoms with van der Waals surface area (Å²) in [6.07, 6.45) is -0.218. The molecule has 0 aromatic rings. The van der Waals surface area contributed by atoms with Crippen molar-refractivity contribution in [3.8, 4) is 0 Å². The Hall–Kier alpha value is -0.290. The van der Waals surface area contributed by atoms with Crippen LogP contribution in [0.25, 0.3) is 0 Å². The SMILES string of the molecule is CC(C)(C(N)CCC(F)(F)F)N1CCCCCC1. The van der Waals surface area contributed by atoms with Crippen LogP contribution in [0.2, 0.25) is 0 Å². The summed E-state index contributed by atoms with van der Waals surface area (Å²) in [6, 6.07) is -0.433. The van der Waals surface area contributed by atoms with Crippen LogP contribution < -0.4 is 5.73 Å². The van der Waals surface area contributed by atoms with Crippen LogP contribution in [0, 0.1) is 0 Å².